The van der Waals surface area contributed by atoms with Gasteiger partial charge < -0.3 is 19.1 Å². The molecule has 0 radical (unpaired) electrons. The molecule has 1 aliphatic heterocycles. The van der Waals surface area contributed by atoms with Crippen molar-refractivity contribution in [2.24, 2.45) is 0 Å². The van der Waals surface area contributed by atoms with Gasteiger partial charge in [-0.25, -0.2) is 14.2 Å². The molecule has 1 aliphatic rings. The number of likely N-dealkylation sites (tertiary alicyclic amines) is 1. The van der Waals surface area contributed by atoms with Crippen molar-refractivity contribution in [3.05, 3.63) is 111 Å². The molecule has 0 unspecified atom stereocenters. The summed E-state index contributed by atoms with van der Waals surface area (Å²) in [4.78, 5) is 42.8. The van der Waals surface area contributed by atoms with Crippen molar-refractivity contribution < 1.29 is 19.0 Å². The second-order valence-corrected chi connectivity index (χ2v) is 12.3. The van der Waals surface area contributed by atoms with Gasteiger partial charge in [-0.1, -0.05) is 66.7 Å². The highest BCUT2D eigenvalue weighted by molar-refractivity contribution is 5.85. The maximum Gasteiger partial charge on any atom is 0.332 e. The minimum absolute atomic E-state index is 0.0962. The first-order valence-electron chi connectivity index (χ1n) is 16.2. The van der Waals surface area contributed by atoms with Gasteiger partial charge in [0.15, 0.2) is 0 Å². The van der Waals surface area contributed by atoms with Crippen molar-refractivity contribution in [3.63, 3.8) is 0 Å². The number of aromatic nitrogens is 2. The first-order valence-corrected chi connectivity index (χ1v) is 16.2. The van der Waals surface area contributed by atoms with Crippen molar-refractivity contribution in [2.45, 2.75) is 70.7 Å². The van der Waals surface area contributed by atoms with E-state index in [-0.39, 0.29) is 18.8 Å². The summed E-state index contributed by atoms with van der Waals surface area (Å²) in [6.07, 6.45) is 3.55. The van der Waals surface area contributed by atoms with Crippen LogP contribution in [-0.2, 0) is 26.4 Å². The van der Waals surface area contributed by atoms with E-state index < -0.39 is 22.8 Å². The molecule has 4 aromatic rings. The summed E-state index contributed by atoms with van der Waals surface area (Å²) in [6.45, 7) is 8.08. The maximum atomic E-state index is 13.9. The summed E-state index contributed by atoms with van der Waals surface area (Å²) in [5.74, 6) is -0.187. The van der Waals surface area contributed by atoms with E-state index in [0.717, 1.165) is 54.6 Å². The van der Waals surface area contributed by atoms with Crippen LogP contribution in [-0.4, -0.2) is 59.5 Å². The number of para-hydroxylation sites is 1. The van der Waals surface area contributed by atoms with Crippen molar-refractivity contribution >= 4 is 16.9 Å². The van der Waals surface area contributed by atoms with Crippen LogP contribution in [0.3, 0.4) is 0 Å². The highest BCUT2D eigenvalue weighted by Crippen LogP contribution is 2.30. The number of fused-ring (bicyclic) bond motifs is 1. The molecule has 0 spiro atoms. The molecule has 46 heavy (non-hydrogen) atoms. The van der Waals surface area contributed by atoms with Crippen molar-refractivity contribution in [1.29, 1.82) is 0 Å². The normalized spacial score (nSPS) is 14.5. The number of unbranched alkanes of at least 4 members (excludes halogenated alkanes) is 1. The van der Waals surface area contributed by atoms with Crippen LogP contribution in [0, 0.1) is 0 Å². The molecule has 0 atom stereocenters. The standard InChI is InChI=1S/C37H45N3O6/c1-5-45-35(42)37(2,3)40-34(41)30-19-14-20-31(44-4)32(30)39(36(40)43)24-13-12-23-38-25-21-29(22-26-38)46-33(27-15-8-6-9-16-27)28-17-10-7-11-18-28/h6-11,14-20,29,33H,5,12-13,21-26H2,1-4H3. The lowest BCUT2D eigenvalue weighted by molar-refractivity contribution is -0.152. The highest BCUT2D eigenvalue weighted by Gasteiger charge is 2.36. The fourth-order valence-corrected chi connectivity index (χ4v) is 6.33. The Hall–Kier alpha value is -4.21. The molecule has 5 rings (SSSR count). The predicted octanol–water partition coefficient (Wildman–Crippen LogP) is 5.52. The Kier molecular flexibility index (Phi) is 10.8. The summed E-state index contributed by atoms with van der Waals surface area (Å²) >= 11 is 0. The summed E-state index contributed by atoms with van der Waals surface area (Å²) in [7, 11) is 1.52. The largest absolute Gasteiger partial charge is 0.495 e. The van der Waals surface area contributed by atoms with Crippen LogP contribution in [0.2, 0.25) is 0 Å². The zero-order valence-corrected chi connectivity index (χ0v) is 27.3. The smallest absolute Gasteiger partial charge is 0.332 e. The molecule has 0 bridgehead atoms. The monoisotopic (exact) mass is 627 g/mol. The number of hydrogen-bond donors (Lipinski definition) is 0. The van der Waals surface area contributed by atoms with E-state index in [1.54, 1.807) is 43.5 Å². The third kappa shape index (κ3) is 7.11. The van der Waals surface area contributed by atoms with E-state index in [2.05, 4.69) is 53.4 Å². The Morgan fingerprint density at radius 2 is 1.48 bits per heavy atom. The second kappa shape index (κ2) is 14.9. The molecular formula is C37H45N3O6. The van der Waals surface area contributed by atoms with Crippen LogP contribution >= 0.6 is 0 Å². The topological polar surface area (TPSA) is 92.0 Å². The third-order valence-corrected chi connectivity index (χ3v) is 8.85. The SMILES string of the molecule is CCOC(=O)C(C)(C)n1c(=O)c2cccc(OC)c2n(CCCCN2CCC(OC(c3ccccc3)c3ccccc3)CC2)c1=O. The van der Waals surface area contributed by atoms with Crippen molar-refractivity contribution in [1.82, 2.24) is 14.0 Å². The number of carbonyl (C=O) groups is 1. The quantitative estimate of drug-likeness (QED) is 0.142. The Morgan fingerprint density at radius 3 is 2.07 bits per heavy atom. The molecule has 244 valence electrons. The fourth-order valence-electron chi connectivity index (χ4n) is 6.33. The van der Waals surface area contributed by atoms with E-state index in [1.165, 1.54) is 7.11 Å². The maximum absolute atomic E-state index is 13.9. The molecule has 0 amide bonds. The summed E-state index contributed by atoms with van der Waals surface area (Å²) in [6, 6.07) is 25.9. The summed E-state index contributed by atoms with van der Waals surface area (Å²) < 4.78 is 20.1. The van der Waals surface area contributed by atoms with Crippen LogP contribution in [0.5, 0.6) is 5.75 Å². The lowest BCUT2D eigenvalue weighted by Gasteiger charge is -2.34. The van der Waals surface area contributed by atoms with Gasteiger partial charge in [-0.15, -0.1) is 0 Å². The van der Waals surface area contributed by atoms with E-state index in [4.69, 9.17) is 14.2 Å². The van der Waals surface area contributed by atoms with E-state index >= 15 is 0 Å². The Bertz CT molecular complexity index is 1680. The van der Waals surface area contributed by atoms with Crippen LogP contribution < -0.4 is 16.0 Å². The number of ether oxygens (including phenoxy) is 3. The Balaban J connectivity index is 1.24. The van der Waals surface area contributed by atoms with Gasteiger partial charge in [0.2, 0.25) is 0 Å². The number of esters is 1. The number of hydrogen-bond acceptors (Lipinski definition) is 7. The van der Waals surface area contributed by atoms with E-state index in [0.29, 0.717) is 29.6 Å². The summed E-state index contributed by atoms with van der Waals surface area (Å²) in [5, 5.41) is 0.322. The number of aryl methyl sites for hydroxylation is 1. The molecule has 9 nitrogen and oxygen atoms in total. The zero-order valence-electron chi connectivity index (χ0n) is 27.3. The van der Waals surface area contributed by atoms with Crippen LogP contribution in [0.25, 0.3) is 10.9 Å². The Morgan fingerprint density at radius 1 is 0.870 bits per heavy atom. The van der Waals surface area contributed by atoms with Gasteiger partial charge in [-0.3, -0.25) is 9.36 Å². The van der Waals surface area contributed by atoms with Gasteiger partial charge in [0.05, 0.1) is 25.2 Å². The number of methoxy groups -OCH3 is 1. The summed E-state index contributed by atoms with van der Waals surface area (Å²) in [5.41, 5.74) is 0.194. The predicted molar refractivity (Wildman–Crippen MR) is 179 cm³/mol. The van der Waals surface area contributed by atoms with E-state index in [9.17, 15) is 14.4 Å². The van der Waals surface area contributed by atoms with Crippen LogP contribution in [0.1, 0.15) is 63.7 Å². The molecule has 0 saturated carbocycles. The van der Waals surface area contributed by atoms with Crippen LogP contribution in [0.4, 0.5) is 0 Å². The van der Waals surface area contributed by atoms with Gasteiger partial charge in [0.1, 0.15) is 22.9 Å². The van der Waals surface area contributed by atoms with Gasteiger partial charge in [0, 0.05) is 19.6 Å². The second-order valence-electron chi connectivity index (χ2n) is 12.3. The minimum Gasteiger partial charge on any atom is -0.495 e. The lowest BCUT2D eigenvalue weighted by Crippen LogP contribution is -2.53. The molecule has 1 saturated heterocycles. The molecule has 1 fully saturated rings. The van der Waals surface area contributed by atoms with Crippen molar-refractivity contribution in [3.8, 4) is 5.75 Å². The average Bonchev–Trinajstić information content (AvgIpc) is 3.08. The number of rotatable bonds is 13. The minimum atomic E-state index is -1.48. The fraction of sp³-hybridized carbons (Fsp3) is 0.432. The van der Waals surface area contributed by atoms with Gasteiger partial charge in [0.25, 0.3) is 5.56 Å². The number of carbonyl (C=O) groups excluding carboxylic acids is 1. The molecule has 9 heteroatoms. The average molecular weight is 628 g/mol. The third-order valence-electron chi connectivity index (χ3n) is 8.85. The lowest BCUT2D eigenvalue weighted by atomic mass is 10.00. The van der Waals surface area contributed by atoms with E-state index in [1.807, 2.05) is 12.1 Å². The van der Waals surface area contributed by atoms with Crippen molar-refractivity contribution in [2.75, 3.05) is 33.4 Å². The van der Waals surface area contributed by atoms with Gasteiger partial charge >= 0.3 is 11.7 Å². The zero-order chi connectivity index (χ0) is 32.7. The van der Waals surface area contributed by atoms with Gasteiger partial charge in [-0.05, 0) is 76.3 Å². The first kappa shape index (κ1) is 33.2. The number of piperidine rings is 1. The molecule has 2 heterocycles. The number of nitrogens with zero attached hydrogens (tertiary/aromatic N) is 3. The van der Waals surface area contributed by atoms with Crippen LogP contribution in [0.15, 0.2) is 88.5 Å². The molecule has 3 aromatic carbocycles. The first-order chi connectivity index (χ1) is 22.3. The molecule has 0 N–H and O–H groups in total. The highest BCUT2D eigenvalue weighted by atomic mass is 16.5. The molecule has 1 aromatic heterocycles. The molecular weight excluding hydrogens is 582 g/mol. The van der Waals surface area contributed by atoms with Gasteiger partial charge in [-0.2, -0.15) is 0 Å². The Labute approximate surface area is 270 Å². The molecule has 0 aliphatic carbocycles. The number of benzene rings is 3.